The van der Waals surface area contributed by atoms with Gasteiger partial charge in [-0.15, -0.1) is 0 Å². The molecule has 2 rings (SSSR count). The van der Waals surface area contributed by atoms with Gasteiger partial charge in [0.15, 0.2) is 0 Å². The fraction of sp³-hybridized carbons (Fsp3) is 0.500. The zero-order valence-electron chi connectivity index (χ0n) is 6.71. The lowest BCUT2D eigenvalue weighted by Crippen LogP contribution is -2.39. The second kappa shape index (κ2) is 2.56. The summed E-state index contributed by atoms with van der Waals surface area (Å²) in [4.78, 5) is 21.7. The van der Waals surface area contributed by atoms with Gasteiger partial charge in [-0.1, -0.05) is 12.2 Å². The maximum absolute atomic E-state index is 11.0. The molecule has 13 heavy (non-hydrogen) atoms. The van der Waals surface area contributed by atoms with Crippen molar-refractivity contribution in [2.75, 3.05) is 0 Å². The summed E-state index contributed by atoms with van der Waals surface area (Å²) in [7, 11) is 0. The van der Waals surface area contributed by atoms with E-state index in [4.69, 9.17) is 15.6 Å². The van der Waals surface area contributed by atoms with Crippen LogP contribution in [0.5, 0.6) is 0 Å². The number of fused-ring (bicyclic) bond motifs is 2. The molecule has 1 saturated heterocycles. The van der Waals surface area contributed by atoms with Crippen LogP contribution in [0, 0.1) is 11.8 Å². The number of carbonyl (C=O) groups excluding carboxylic acids is 1. The minimum absolute atomic E-state index is 0.441. The van der Waals surface area contributed by atoms with Gasteiger partial charge in [0.2, 0.25) is 5.91 Å². The molecule has 0 aromatic carbocycles. The van der Waals surface area contributed by atoms with E-state index in [1.54, 1.807) is 12.2 Å². The van der Waals surface area contributed by atoms with Crippen LogP contribution in [-0.4, -0.2) is 29.2 Å². The Morgan fingerprint density at radius 2 is 1.77 bits per heavy atom. The number of aliphatic carboxylic acids is 1. The Balaban J connectivity index is 2.30. The summed E-state index contributed by atoms with van der Waals surface area (Å²) >= 11 is 0. The van der Waals surface area contributed by atoms with Gasteiger partial charge in [0.1, 0.15) is 5.92 Å². The van der Waals surface area contributed by atoms with Crippen LogP contribution in [0.1, 0.15) is 0 Å². The SMILES string of the molecule is NC(=O)[C@H]1C2C=CC(O2)[C@H]1C(=O)O. The Morgan fingerprint density at radius 1 is 1.23 bits per heavy atom. The summed E-state index contributed by atoms with van der Waals surface area (Å²) < 4.78 is 5.23. The molecule has 0 spiro atoms. The molecule has 1 amide bonds. The molecular weight excluding hydrogens is 174 g/mol. The van der Waals surface area contributed by atoms with Crippen LogP contribution in [-0.2, 0) is 14.3 Å². The highest BCUT2D eigenvalue weighted by Gasteiger charge is 2.52. The van der Waals surface area contributed by atoms with Crippen LogP contribution in [0.15, 0.2) is 12.2 Å². The molecule has 2 heterocycles. The van der Waals surface area contributed by atoms with Crippen molar-refractivity contribution >= 4 is 11.9 Å². The van der Waals surface area contributed by atoms with Crippen LogP contribution < -0.4 is 5.73 Å². The first kappa shape index (κ1) is 8.25. The summed E-state index contributed by atoms with van der Waals surface area (Å²) in [5, 5.41) is 8.83. The molecule has 2 bridgehead atoms. The molecule has 0 aromatic rings. The van der Waals surface area contributed by atoms with E-state index in [1.807, 2.05) is 0 Å². The van der Waals surface area contributed by atoms with Crippen molar-refractivity contribution < 1.29 is 19.4 Å². The van der Waals surface area contributed by atoms with Crippen LogP contribution in [0.4, 0.5) is 0 Å². The maximum Gasteiger partial charge on any atom is 0.310 e. The second-order valence-electron chi connectivity index (χ2n) is 3.24. The number of hydrogen-bond acceptors (Lipinski definition) is 3. The van der Waals surface area contributed by atoms with E-state index < -0.39 is 35.9 Å². The van der Waals surface area contributed by atoms with Gasteiger partial charge in [-0.05, 0) is 0 Å². The van der Waals surface area contributed by atoms with Crippen LogP contribution in [0.2, 0.25) is 0 Å². The standard InChI is InChI=1S/C8H9NO4/c9-7(10)5-3-1-2-4(13-3)6(5)8(11)12/h1-6H,(H2,9,10)(H,11,12)/t3?,4?,5-,6+/m0/s1. The van der Waals surface area contributed by atoms with E-state index in [2.05, 4.69) is 0 Å². The van der Waals surface area contributed by atoms with Crippen molar-refractivity contribution in [1.82, 2.24) is 0 Å². The van der Waals surface area contributed by atoms with Crippen molar-refractivity contribution in [2.24, 2.45) is 17.6 Å². The van der Waals surface area contributed by atoms with E-state index in [9.17, 15) is 9.59 Å². The van der Waals surface area contributed by atoms with Crippen molar-refractivity contribution in [1.29, 1.82) is 0 Å². The molecule has 3 N–H and O–H groups in total. The summed E-state index contributed by atoms with van der Waals surface area (Å²) in [6.07, 6.45) is 2.44. The first-order valence-electron chi connectivity index (χ1n) is 3.97. The number of ether oxygens (including phenoxy) is 1. The number of primary amides is 1. The molecule has 5 heteroatoms. The fourth-order valence-electron chi connectivity index (χ4n) is 1.94. The normalized spacial score (nSPS) is 40.9. The number of carboxylic acids is 1. The third kappa shape index (κ3) is 1.04. The number of rotatable bonds is 2. The molecule has 2 unspecified atom stereocenters. The highest BCUT2D eigenvalue weighted by atomic mass is 16.5. The van der Waals surface area contributed by atoms with Gasteiger partial charge in [0.25, 0.3) is 0 Å². The van der Waals surface area contributed by atoms with Crippen LogP contribution in [0.25, 0.3) is 0 Å². The molecule has 4 atom stereocenters. The van der Waals surface area contributed by atoms with Crippen molar-refractivity contribution in [3.63, 3.8) is 0 Å². The summed E-state index contributed by atoms with van der Waals surface area (Å²) in [5.74, 6) is -3.16. The van der Waals surface area contributed by atoms with Crippen LogP contribution in [0.3, 0.4) is 0 Å². The third-order valence-electron chi connectivity index (χ3n) is 2.51. The largest absolute Gasteiger partial charge is 0.481 e. The lowest BCUT2D eigenvalue weighted by molar-refractivity contribution is -0.146. The molecule has 5 nitrogen and oxygen atoms in total. The average molecular weight is 183 g/mol. The first-order valence-corrected chi connectivity index (χ1v) is 3.97. The van der Waals surface area contributed by atoms with Crippen molar-refractivity contribution in [2.45, 2.75) is 12.2 Å². The Bertz CT molecular complexity index is 271. The highest BCUT2D eigenvalue weighted by Crippen LogP contribution is 2.38. The summed E-state index contributed by atoms with van der Waals surface area (Å²) in [6.45, 7) is 0. The van der Waals surface area contributed by atoms with Gasteiger partial charge in [-0.3, -0.25) is 9.59 Å². The van der Waals surface area contributed by atoms with Gasteiger partial charge in [0, 0.05) is 0 Å². The predicted octanol–water partition coefficient (Wildman–Crippen LogP) is -0.874. The number of hydrogen-bond donors (Lipinski definition) is 2. The lowest BCUT2D eigenvalue weighted by atomic mass is 9.83. The Hall–Kier alpha value is -1.36. The molecular formula is C8H9NO4. The molecule has 2 aliphatic rings. The average Bonchev–Trinajstić information content (AvgIpc) is 2.60. The van der Waals surface area contributed by atoms with Gasteiger partial charge in [-0.25, -0.2) is 0 Å². The molecule has 0 radical (unpaired) electrons. The van der Waals surface area contributed by atoms with Crippen LogP contribution >= 0.6 is 0 Å². The topological polar surface area (TPSA) is 89.6 Å². The van der Waals surface area contributed by atoms with Crippen molar-refractivity contribution in [3.8, 4) is 0 Å². The zero-order chi connectivity index (χ0) is 9.59. The quantitative estimate of drug-likeness (QED) is 0.544. The first-order chi connectivity index (χ1) is 6.11. The lowest BCUT2D eigenvalue weighted by Gasteiger charge is -2.17. The van der Waals surface area contributed by atoms with E-state index in [-0.39, 0.29) is 0 Å². The van der Waals surface area contributed by atoms with Gasteiger partial charge in [0.05, 0.1) is 18.1 Å². The smallest absolute Gasteiger partial charge is 0.310 e. The highest BCUT2D eigenvalue weighted by molar-refractivity contribution is 5.86. The summed E-state index contributed by atoms with van der Waals surface area (Å²) in [5.41, 5.74) is 5.10. The zero-order valence-corrected chi connectivity index (χ0v) is 6.71. The van der Waals surface area contributed by atoms with Crippen molar-refractivity contribution in [3.05, 3.63) is 12.2 Å². The Labute approximate surface area is 74.2 Å². The minimum atomic E-state index is -1.03. The van der Waals surface area contributed by atoms with Gasteiger partial charge >= 0.3 is 5.97 Å². The molecule has 0 aliphatic carbocycles. The number of carboxylic acid groups (broad SMARTS) is 1. The maximum atomic E-state index is 11.0. The minimum Gasteiger partial charge on any atom is -0.481 e. The second-order valence-corrected chi connectivity index (χ2v) is 3.24. The molecule has 70 valence electrons. The summed E-state index contributed by atoms with van der Waals surface area (Å²) in [6, 6.07) is 0. The number of carbonyl (C=O) groups is 2. The molecule has 1 fully saturated rings. The van der Waals surface area contributed by atoms with Gasteiger partial charge in [-0.2, -0.15) is 0 Å². The Morgan fingerprint density at radius 3 is 2.15 bits per heavy atom. The molecule has 0 aromatic heterocycles. The number of nitrogens with two attached hydrogens (primary N) is 1. The van der Waals surface area contributed by atoms with Gasteiger partial charge < -0.3 is 15.6 Å². The third-order valence-corrected chi connectivity index (χ3v) is 2.51. The van der Waals surface area contributed by atoms with E-state index in [0.717, 1.165) is 0 Å². The molecule has 2 aliphatic heterocycles. The van der Waals surface area contributed by atoms with E-state index >= 15 is 0 Å². The molecule has 0 saturated carbocycles. The predicted molar refractivity (Wildman–Crippen MR) is 41.6 cm³/mol. The Kier molecular flexibility index (Phi) is 1.63. The number of amides is 1. The van der Waals surface area contributed by atoms with E-state index in [0.29, 0.717) is 0 Å². The monoisotopic (exact) mass is 183 g/mol. The fourth-order valence-corrected chi connectivity index (χ4v) is 1.94. The van der Waals surface area contributed by atoms with E-state index in [1.165, 1.54) is 0 Å².